The molecule has 1 aliphatic heterocycles. The molecule has 6 rings (SSSR count). The Bertz CT molecular complexity index is 1720. The molecular weight excluding hydrogens is 543 g/mol. The fourth-order valence-electron chi connectivity index (χ4n) is 5.68. The molecule has 0 spiro atoms. The van der Waals surface area contributed by atoms with Gasteiger partial charge in [-0.3, -0.25) is 14.1 Å². The number of anilines is 2. The van der Waals surface area contributed by atoms with Gasteiger partial charge in [0.25, 0.3) is 5.91 Å². The van der Waals surface area contributed by atoms with Crippen LogP contribution >= 0.6 is 0 Å². The lowest BCUT2D eigenvalue weighted by Crippen LogP contribution is -2.34. The maximum Gasteiger partial charge on any atom is 0.417 e. The number of nitrogens with two attached hydrogens (primary N) is 1. The molecule has 1 saturated heterocycles. The van der Waals surface area contributed by atoms with Crippen LogP contribution < -0.4 is 11.1 Å². The molecule has 2 aliphatic rings. The number of carbonyl (C=O) groups excluding carboxylic acids is 1. The lowest BCUT2D eigenvalue weighted by atomic mass is 9.94. The molecule has 4 aromatic rings. The number of nitrogens with zero attached hydrogens (tertiary/aromatic N) is 5. The Morgan fingerprint density at radius 3 is 2.67 bits per heavy atom. The van der Waals surface area contributed by atoms with Gasteiger partial charge in [-0.2, -0.15) is 13.2 Å². The number of nitrogen functional groups attached to an aromatic ring is 1. The lowest BCUT2D eigenvalue weighted by Gasteiger charge is -2.30. The highest BCUT2D eigenvalue weighted by molar-refractivity contribution is 6.05. The van der Waals surface area contributed by atoms with E-state index in [0.29, 0.717) is 18.0 Å². The quantitative estimate of drug-likeness (QED) is 0.286. The Hall–Kier alpha value is -4.43. The Balaban J connectivity index is 1.37. The predicted octanol–water partition coefficient (Wildman–Crippen LogP) is 5.72. The van der Waals surface area contributed by atoms with E-state index in [2.05, 4.69) is 32.0 Å². The van der Waals surface area contributed by atoms with Crippen molar-refractivity contribution in [1.82, 2.24) is 24.3 Å². The van der Waals surface area contributed by atoms with E-state index in [-0.39, 0.29) is 29.1 Å². The molecule has 8 nitrogen and oxygen atoms in total. The number of alkyl halides is 3. The number of aromatic nitrogens is 4. The first-order chi connectivity index (χ1) is 20.2. The first-order valence-electron chi connectivity index (χ1n) is 14.0. The van der Waals surface area contributed by atoms with E-state index in [4.69, 9.17) is 10.7 Å². The summed E-state index contributed by atoms with van der Waals surface area (Å²) >= 11 is 0. The second-order valence-electron chi connectivity index (χ2n) is 10.8. The zero-order valence-electron chi connectivity index (χ0n) is 23.1. The van der Waals surface area contributed by atoms with E-state index in [1.807, 2.05) is 6.07 Å². The van der Waals surface area contributed by atoms with Gasteiger partial charge in [0.2, 0.25) is 5.95 Å². The van der Waals surface area contributed by atoms with Crippen molar-refractivity contribution in [3.8, 4) is 23.2 Å². The molecule has 3 N–H and O–H groups in total. The second kappa shape index (κ2) is 11.1. The first-order valence-corrected chi connectivity index (χ1v) is 14.0. The van der Waals surface area contributed by atoms with Gasteiger partial charge in [0.05, 0.1) is 28.9 Å². The van der Waals surface area contributed by atoms with Crippen LogP contribution in [-0.4, -0.2) is 49.8 Å². The zero-order chi connectivity index (χ0) is 29.4. The van der Waals surface area contributed by atoms with Crippen molar-refractivity contribution in [2.75, 3.05) is 30.7 Å². The molecule has 1 aromatic carbocycles. The maximum atomic E-state index is 14.4. The lowest BCUT2D eigenvalue weighted by molar-refractivity contribution is -0.137. The number of hydrogen-bond donors (Lipinski definition) is 2. The number of amides is 1. The smallest absolute Gasteiger partial charge is 0.369 e. The highest BCUT2D eigenvalue weighted by Crippen LogP contribution is 2.41. The number of benzene rings is 1. The number of rotatable bonds is 6. The molecule has 1 atom stereocenters. The first kappa shape index (κ1) is 27.7. The van der Waals surface area contributed by atoms with E-state index < -0.39 is 23.2 Å². The third kappa shape index (κ3) is 5.54. The molecule has 11 heteroatoms. The number of halogens is 3. The van der Waals surface area contributed by atoms with Crippen LogP contribution in [0.2, 0.25) is 0 Å². The summed E-state index contributed by atoms with van der Waals surface area (Å²) in [6.45, 7) is 4.10. The minimum absolute atomic E-state index is 0.0500. The highest BCUT2D eigenvalue weighted by Gasteiger charge is 2.36. The summed E-state index contributed by atoms with van der Waals surface area (Å²) in [5, 5.41) is 2.54. The Labute approximate surface area is 241 Å². The van der Waals surface area contributed by atoms with E-state index in [9.17, 15) is 18.0 Å². The minimum Gasteiger partial charge on any atom is -0.369 e. The molecule has 42 heavy (non-hydrogen) atoms. The Morgan fingerprint density at radius 2 is 1.90 bits per heavy atom. The second-order valence-corrected chi connectivity index (χ2v) is 10.8. The van der Waals surface area contributed by atoms with Gasteiger partial charge in [-0.15, -0.1) is 5.92 Å². The van der Waals surface area contributed by atoms with Crippen molar-refractivity contribution in [1.29, 1.82) is 0 Å². The largest absolute Gasteiger partial charge is 0.417 e. The molecule has 1 amide bonds. The average Bonchev–Trinajstić information content (AvgIpc) is 3.76. The van der Waals surface area contributed by atoms with Crippen molar-refractivity contribution >= 4 is 23.2 Å². The number of imidazole rings is 1. The number of nitrogens with one attached hydrogen (secondary N) is 1. The van der Waals surface area contributed by atoms with Gasteiger partial charge in [0.15, 0.2) is 0 Å². The van der Waals surface area contributed by atoms with Crippen LogP contribution in [0.3, 0.4) is 0 Å². The molecule has 0 radical (unpaired) electrons. The third-order valence-corrected chi connectivity index (χ3v) is 7.88. The Morgan fingerprint density at radius 1 is 1.10 bits per heavy atom. The summed E-state index contributed by atoms with van der Waals surface area (Å²) in [6, 6.07) is 8.95. The summed E-state index contributed by atoms with van der Waals surface area (Å²) in [6.07, 6.45) is 2.26. The monoisotopic (exact) mass is 573 g/mol. The highest BCUT2D eigenvalue weighted by atomic mass is 19.4. The van der Waals surface area contributed by atoms with Crippen LogP contribution in [0, 0.1) is 11.8 Å². The molecule has 3 aromatic heterocycles. The van der Waals surface area contributed by atoms with Crippen molar-refractivity contribution in [3.63, 3.8) is 0 Å². The van der Waals surface area contributed by atoms with Crippen molar-refractivity contribution < 1.29 is 18.0 Å². The molecule has 0 bridgehead atoms. The number of likely N-dealkylation sites (tertiary alicyclic amines) is 1. The van der Waals surface area contributed by atoms with E-state index in [1.165, 1.54) is 12.1 Å². The maximum absolute atomic E-state index is 14.4. The molecule has 1 saturated carbocycles. The van der Waals surface area contributed by atoms with Crippen LogP contribution in [-0.2, 0) is 6.18 Å². The van der Waals surface area contributed by atoms with Crippen molar-refractivity contribution in [2.24, 2.45) is 0 Å². The fourth-order valence-corrected chi connectivity index (χ4v) is 5.68. The Kier molecular flexibility index (Phi) is 7.33. The average molecular weight is 574 g/mol. The summed E-state index contributed by atoms with van der Waals surface area (Å²) in [4.78, 5) is 28.5. The fraction of sp³-hybridized carbons (Fsp3) is 0.355. The van der Waals surface area contributed by atoms with Crippen molar-refractivity contribution in [2.45, 2.75) is 50.6 Å². The van der Waals surface area contributed by atoms with Crippen LogP contribution in [0.25, 0.3) is 16.9 Å². The van der Waals surface area contributed by atoms with Gasteiger partial charge in [0, 0.05) is 30.4 Å². The van der Waals surface area contributed by atoms with Gasteiger partial charge < -0.3 is 11.1 Å². The molecule has 1 aliphatic carbocycles. The normalized spacial score (nSPS) is 17.6. The van der Waals surface area contributed by atoms with Gasteiger partial charge in [-0.05, 0) is 81.0 Å². The topological polar surface area (TPSA) is 101 Å². The van der Waals surface area contributed by atoms with E-state index in [1.54, 1.807) is 35.9 Å². The zero-order valence-corrected chi connectivity index (χ0v) is 23.1. The van der Waals surface area contributed by atoms with Gasteiger partial charge in [-0.1, -0.05) is 12.0 Å². The van der Waals surface area contributed by atoms with E-state index >= 15 is 0 Å². The van der Waals surface area contributed by atoms with Crippen LogP contribution in [0.1, 0.15) is 71.6 Å². The number of hydrogen-bond acceptors (Lipinski definition) is 6. The van der Waals surface area contributed by atoms with Crippen LogP contribution in [0.5, 0.6) is 0 Å². The molecule has 1 unspecified atom stereocenters. The third-order valence-electron chi connectivity index (χ3n) is 7.88. The standard InChI is InChI=1S/C31H30F3N7O/c1-2-3-14-40-15-4-5-22(18-40)27-25-11-13-37-30(35)41(25)28(39-27)21-8-9-23(24(16-21)31(32,33)34)29(42)38-26-17-20(10-12-36-26)19-6-7-19/h8-13,16-17,19,22H,4-7,14-15,18H2,1H3,(H2,35,37)(H,36,38,42). The summed E-state index contributed by atoms with van der Waals surface area (Å²) in [7, 11) is 0. The molecular formula is C31H30F3N7O. The summed E-state index contributed by atoms with van der Waals surface area (Å²) in [5.41, 5.74) is 7.32. The van der Waals surface area contributed by atoms with Gasteiger partial charge >= 0.3 is 6.18 Å². The summed E-state index contributed by atoms with van der Waals surface area (Å²) < 4.78 is 44.7. The molecule has 2 fully saturated rings. The van der Waals surface area contributed by atoms with Crippen LogP contribution in [0.15, 0.2) is 48.8 Å². The van der Waals surface area contributed by atoms with Gasteiger partial charge in [0.1, 0.15) is 11.6 Å². The predicted molar refractivity (Wildman–Crippen MR) is 154 cm³/mol. The van der Waals surface area contributed by atoms with Crippen molar-refractivity contribution in [3.05, 3.63) is 71.2 Å². The van der Waals surface area contributed by atoms with Gasteiger partial charge in [-0.25, -0.2) is 15.0 Å². The molecule has 216 valence electrons. The minimum atomic E-state index is -4.80. The SMILES string of the molecule is CC#CCN1CCCC(c2nc(-c3ccc(C(=O)Nc4cc(C5CC5)ccn4)c(C(F)(F)F)c3)n3c(N)nccc23)C1. The van der Waals surface area contributed by atoms with E-state index in [0.717, 1.165) is 56.1 Å². The molecule has 4 heterocycles. The summed E-state index contributed by atoms with van der Waals surface area (Å²) in [5.74, 6) is 6.18. The number of fused-ring (bicyclic) bond motifs is 1. The number of pyridine rings is 1. The van der Waals surface area contributed by atoms with Crippen LogP contribution in [0.4, 0.5) is 24.9 Å². The number of carbonyl (C=O) groups is 1. The number of piperidine rings is 1.